The maximum Gasteiger partial charge on any atom is 0.188 e. The van der Waals surface area contributed by atoms with E-state index >= 15 is 0 Å². The van der Waals surface area contributed by atoms with E-state index in [2.05, 4.69) is 16.4 Å². The van der Waals surface area contributed by atoms with Gasteiger partial charge in [0.2, 0.25) is 0 Å². The van der Waals surface area contributed by atoms with Crippen molar-refractivity contribution in [2.45, 2.75) is 0 Å². The number of rotatable bonds is 0. The average molecular weight is 119 g/mol. The van der Waals surface area contributed by atoms with Crippen LogP contribution in [0.2, 0.25) is 0 Å². The van der Waals surface area contributed by atoms with Gasteiger partial charge in [0.15, 0.2) is 5.58 Å². The van der Waals surface area contributed by atoms with Crippen LogP contribution in [0.25, 0.3) is 11.1 Å². The topological polar surface area (TPSA) is 38.9 Å². The fraction of sp³-hybridized carbons (Fsp3) is 0. The van der Waals surface area contributed by atoms with E-state index in [9.17, 15) is 0 Å². The zero-order valence-electron chi connectivity index (χ0n) is 4.53. The molecule has 1 aromatic heterocycles. The highest BCUT2D eigenvalue weighted by molar-refractivity contribution is 5.70. The monoisotopic (exact) mass is 119 g/mol. The van der Waals surface area contributed by atoms with Gasteiger partial charge in [0.1, 0.15) is 5.52 Å². The molecule has 2 rings (SSSR count). The van der Waals surface area contributed by atoms with Crippen LogP contribution < -0.4 is 0 Å². The minimum Gasteiger partial charge on any atom is -0.337 e. The standard InChI is InChI=1S/C6H3N2O/c1-2-4-6-5(3-1)7-8-9-6/h1,3-4H. The second kappa shape index (κ2) is 1.55. The molecule has 0 N–H and O–H groups in total. The molecule has 0 aliphatic rings. The van der Waals surface area contributed by atoms with Gasteiger partial charge in [-0.1, -0.05) is 6.07 Å². The summed E-state index contributed by atoms with van der Waals surface area (Å²) in [5, 5.41) is 7.04. The number of hydrogen-bond acceptors (Lipinski definition) is 3. The van der Waals surface area contributed by atoms with E-state index in [0.717, 1.165) is 5.52 Å². The van der Waals surface area contributed by atoms with Crippen LogP contribution in [0.3, 0.4) is 0 Å². The summed E-state index contributed by atoms with van der Waals surface area (Å²) in [5.74, 6) is 0. The van der Waals surface area contributed by atoms with Gasteiger partial charge in [-0.2, -0.15) is 0 Å². The molecule has 9 heavy (non-hydrogen) atoms. The number of aromatic nitrogens is 2. The molecular formula is C6H3N2O. The maximum atomic E-state index is 4.73. The normalized spacial score (nSPS) is 10.2. The van der Waals surface area contributed by atoms with Gasteiger partial charge in [0.25, 0.3) is 0 Å². The van der Waals surface area contributed by atoms with Gasteiger partial charge in [0.05, 0.1) is 0 Å². The van der Waals surface area contributed by atoms with E-state index in [1.54, 1.807) is 18.2 Å². The molecule has 43 valence electrons. The summed E-state index contributed by atoms with van der Waals surface area (Å²) in [6.07, 6.45) is 0. The molecule has 3 heteroatoms. The predicted molar refractivity (Wildman–Crippen MR) is 30.6 cm³/mol. The van der Waals surface area contributed by atoms with E-state index in [4.69, 9.17) is 4.52 Å². The molecule has 0 unspecified atom stereocenters. The minimum atomic E-state index is 0.678. The van der Waals surface area contributed by atoms with E-state index < -0.39 is 0 Å². The average Bonchev–Trinajstić information content (AvgIpc) is 2.33. The molecule has 0 saturated carbocycles. The zero-order valence-corrected chi connectivity index (χ0v) is 4.53. The molecule has 0 aliphatic carbocycles. The Morgan fingerprint density at radius 2 is 2.56 bits per heavy atom. The molecule has 1 heterocycles. The first-order valence-corrected chi connectivity index (χ1v) is 2.55. The molecule has 0 bridgehead atoms. The van der Waals surface area contributed by atoms with Crippen LogP contribution in [0, 0.1) is 6.07 Å². The van der Waals surface area contributed by atoms with Crippen LogP contribution >= 0.6 is 0 Å². The quantitative estimate of drug-likeness (QED) is 0.519. The molecule has 0 spiro atoms. The lowest BCUT2D eigenvalue weighted by atomic mass is 10.3. The van der Waals surface area contributed by atoms with Gasteiger partial charge in [-0.3, -0.25) is 0 Å². The lowest BCUT2D eigenvalue weighted by Crippen LogP contribution is -1.64. The Morgan fingerprint density at radius 3 is 3.44 bits per heavy atom. The largest absolute Gasteiger partial charge is 0.337 e. The first-order chi connectivity index (χ1) is 4.47. The van der Waals surface area contributed by atoms with Crippen molar-refractivity contribution in [3.05, 3.63) is 24.3 Å². The molecule has 1 aromatic carbocycles. The Balaban J connectivity index is 2.95. The molecule has 2 aromatic rings. The predicted octanol–water partition coefficient (Wildman–Crippen LogP) is 1.02. The van der Waals surface area contributed by atoms with Crippen molar-refractivity contribution in [3.8, 4) is 0 Å². The van der Waals surface area contributed by atoms with E-state index in [1.807, 2.05) is 0 Å². The maximum absolute atomic E-state index is 4.73. The Bertz CT molecular complexity index is 285. The lowest BCUT2D eigenvalue weighted by Gasteiger charge is -1.76. The van der Waals surface area contributed by atoms with E-state index in [0.29, 0.717) is 5.58 Å². The van der Waals surface area contributed by atoms with E-state index in [1.165, 1.54) is 0 Å². The third kappa shape index (κ3) is 0.579. The van der Waals surface area contributed by atoms with Crippen LogP contribution in [0.4, 0.5) is 0 Å². The summed E-state index contributed by atoms with van der Waals surface area (Å²) in [7, 11) is 0. The van der Waals surface area contributed by atoms with Gasteiger partial charge in [0, 0.05) is 5.27 Å². The van der Waals surface area contributed by atoms with Crippen molar-refractivity contribution in [3.63, 3.8) is 0 Å². The fourth-order valence-electron chi connectivity index (χ4n) is 0.671. The molecule has 1 radical (unpaired) electrons. The van der Waals surface area contributed by atoms with Gasteiger partial charge in [-0.05, 0) is 18.2 Å². The number of nitrogens with zero attached hydrogens (tertiary/aromatic N) is 2. The Labute approximate surface area is 51.3 Å². The van der Waals surface area contributed by atoms with Crippen molar-refractivity contribution in [1.82, 2.24) is 10.4 Å². The van der Waals surface area contributed by atoms with Gasteiger partial charge in [-0.25, -0.2) is 0 Å². The van der Waals surface area contributed by atoms with Crippen LogP contribution in [-0.4, -0.2) is 10.4 Å². The van der Waals surface area contributed by atoms with Crippen LogP contribution in [0.1, 0.15) is 0 Å². The van der Waals surface area contributed by atoms with Crippen LogP contribution in [0.15, 0.2) is 22.7 Å². The second-order valence-electron chi connectivity index (χ2n) is 1.67. The highest BCUT2D eigenvalue weighted by Gasteiger charge is 1.93. The van der Waals surface area contributed by atoms with Crippen molar-refractivity contribution < 1.29 is 4.52 Å². The van der Waals surface area contributed by atoms with Crippen molar-refractivity contribution in [2.24, 2.45) is 0 Å². The number of benzene rings is 1. The first-order valence-electron chi connectivity index (χ1n) is 2.55. The highest BCUT2D eigenvalue weighted by atomic mass is 16.5. The third-order valence-corrected chi connectivity index (χ3v) is 1.09. The minimum absolute atomic E-state index is 0.678. The van der Waals surface area contributed by atoms with E-state index in [-0.39, 0.29) is 0 Å². The SMILES string of the molecule is [c]1ccc2nnoc2c1. The molecule has 0 amide bonds. The first kappa shape index (κ1) is 4.49. The summed E-state index contributed by atoms with van der Waals surface area (Å²) in [4.78, 5) is 0. The van der Waals surface area contributed by atoms with Gasteiger partial charge < -0.3 is 4.52 Å². The van der Waals surface area contributed by atoms with Crippen molar-refractivity contribution in [2.75, 3.05) is 0 Å². The second-order valence-corrected chi connectivity index (χ2v) is 1.67. The Hall–Kier alpha value is -1.38. The summed E-state index contributed by atoms with van der Waals surface area (Å²) in [6, 6.07) is 8.12. The Kier molecular flexibility index (Phi) is 0.773. The number of fused-ring (bicyclic) bond motifs is 1. The highest BCUT2D eigenvalue weighted by Crippen LogP contribution is 2.06. The molecule has 0 aliphatic heterocycles. The Morgan fingerprint density at radius 1 is 1.56 bits per heavy atom. The number of hydrogen-bond donors (Lipinski definition) is 0. The fourth-order valence-corrected chi connectivity index (χ4v) is 0.671. The molecule has 0 atom stereocenters. The van der Waals surface area contributed by atoms with Crippen molar-refractivity contribution in [1.29, 1.82) is 0 Å². The lowest BCUT2D eigenvalue weighted by molar-refractivity contribution is 0.424. The van der Waals surface area contributed by atoms with Crippen LogP contribution in [0.5, 0.6) is 0 Å². The summed E-state index contributed by atoms with van der Waals surface area (Å²) in [6.45, 7) is 0. The van der Waals surface area contributed by atoms with Gasteiger partial charge in [-0.15, -0.1) is 5.10 Å². The third-order valence-electron chi connectivity index (χ3n) is 1.09. The molecule has 0 fully saturated rings. The zero-order chi connectivity index (χ0) is 6.10. The molecule has 3 nitrogen and oxygen atoms in total. The smallest absolute Gasteiger partial charge is 0.188 e. The molecular weight excluding hydrogens is 116 g/mol. The summed E-state index contributed by atoms with van der Waals surface area (Å²) < 4.78 is 4.73. The summed E-state index contributed by atoms with van der Waals surface area (Å²) in [5.41, 5.74) is 1.45. The van der Waals surface area contributed by atoms with Gasteiger partial charge >= 0.3 is 0 Å². The van der Waals surface area contributed by atoms with Crippen LogP contribution in [-0.2, 0) is 0 Å². The van der Waals surface area contributed by atoms with Crippen molar-refractivity contribution >= 4 is 11.1 Å². The summed E-state index contributed by atoms with van der Waals surface area (Å²) >= 11 is 0. The molecule has 0 saturated heterocycles.